The minimum absolute atomic E-state index is 0.371. The molecule has 1 N–H and O–H groups in total. The van der Waals surface area contributed by atoms with Crippen LogP contribution in [0.25, 0.3) is 0 Å². The first-order valence-corrected chi connectivity index (χ1v) is 7.68. The summed E-state index contributed by atoms with van der Waals surface area (Å²) in [5, 5.41) is 9.54. The van der Waals surface area contributed by atoms with Gasteiger partial charge in [-0.3, -0.25) is 4.79 Å². The number of halogens is 1. The highest BCUT2D eigenvalue weighted by Crippen LogP contribution is 2.24. The quantitative estimate of drug-likeness (QED) is 0.632. The third kappa shape index (κ3) is 4.12. The summed E-state index contributed by atoms with van der Waals surface area (Å²) in [7, 11) is 1.28. The van der Waals surface area contributed by atoms with Crippen LogP contribution >= 0.6 is 15.9 Å². The second kappa shape index (κ2) is 7.47. The number of rotatable bonds is 6. The highest BCUT2D eigenvalue weighted by molar-refractivity contribution is 9.10. The predicted octanol–water partition coefficient (Wildman–Crippen LogP) is 3.39. The van der Waals surface area contributed by atoms with Crippen LogP contribution in [-0.2, 0) is 6.61 Å². The van der Waals surface area contributed by atoms with Gasteiger partial charge in [0, 0.05) is 10.2 Å². The Morgan fingerprint density at radius 3 is 2.55 bits per heavy atom. The summed E-state index contributed by atoms with van der Waals surface area (Å²) in [6.45, 7) is 2.08. The summed E-state index contributed by atoms with van der Waals surface area (Å²) in [6.07, 6.45) is 0.780. The number of hydrogen-bond acceptors (Lipinski definition) is 4. The molecule has 4 nitrogen and oxygen atoms in total. The van der Waals surface area contributed by atoms with Gasteiger partial charge in [-0.15, -0.1) is 0 Å². The van der Waals surface area contributed by atoms with Crippen molar-refractivity contribution in [1.29, 1.82) is 0 Å². The molecule has 2 aromatic rings. The summed E-state index contributed by atoms with van der Waals surface area (Å²) < 4.78 is 6.58. The molecule has 2 aromatic carbocycles. The lowest BCUT2D eigenvalue weighted by atomic mass is 9.85. The summed E-state index contributed by atoms with van der Waals surface area (Å²) in [6, 6.07) is 13.0. The van der Waals surface area contributed by atoms with Gasteiger partial charge < -0.3 is 14.6 Å². The summed E-state index contributed by atoms with van der Waals surface area (Å²) >= 11 is 3.37. The number of benzene rings is 2. The first-order chi connectivity index (χ1) is 10.5. The average molecular weight is 362 g/mol. The maximum atomic E-state index is 11.0. The second-order valence-corrected chi connectivity index (χ2v) is 5.91. The van der Waals surface area contributed by atoms with E-state index < -0.39 is 7.05 Å². The molecule has 0 radical (unpaired) electrons. The van der Waals surface area contributed by atoms with Gasteiger partial charge >= 0.3 is 7.05 Å². The van der Waals surface area contributed by atoms with Crippen LogP contribution < -0.4 is 9.55 Å². The number of aldehydes is 1. The maximum absolute atomic E-state index is 11.0. The number of carbonyl (C=O) groups excluding carboxylic acids is 1. The van der Waals surface area contributed by atoms with Gasteiger partial charge in [0.2, 0.25) is 0 Å². The van der Waals surface area contributed by atoms with Crippen molar-refractivity contribution < 1.29 is 14.6 Å². The van der Waals surface area contributed by atoms with Crippen molar-refractivity contribution in [2.45, 2.75) is 13.4 Å². The molecule has 114 valence electrons. The molecule has 0 saturated heterocycles. The van der Waals surface area contributed by atoms with Crippen LogP contribution in [0.3, 0.4) is 0 Å². The molecule has 0 spiro atoms. The van der Waals surface area contributed by atoms with E-state index in [4.69, 9.17) is 4.74 Å². The highest BCUT2D eigenvalue weighted by Gasteiger charge is 2.11. The van der Waals surface area contributed by atoms with Crippen LogP contribution in [0.4, 0.5) is 5.69 Å². The van der Waals surface area contributed by atoms with Crippen molar-refractivity contribution in [3.63, 3.8) is 0 Å². The summed E-state index contributed by atoms with van der Waals surface area (Å²) in [5.74, 6) is 0.551. The first kappa shape index (κ1) is 16.6. The molecule has 0 unspecified atom stereocenters. The Morgan fingerprint density at radius 2 is 1.95 bits per heavy atom. The molecule has 0 aromatic heterocycles. The van der Waals surface area contributed by atoms with Crippen LogP contribution in [0.2, 0.25) is 6.82 Å². The van der Waals surface area contributed by atoms with Crippen molar-refractivity contribution in [3.8, 4) is 5.75 Å². The second-order valence-electron chi connectivity index (χ2n) is 5.00. The van der Waals surface area contributed by atoms with E-state index in [1.165, 1.54) is 0 Å². The zero-order valence-corrected chi connectivity index (χ0v) is 14.1. The number of anilines is 1. The molecular weight excluding hydrogens is 345 g/mol. The van der Waals surface area contributed by atoms with Crippen LogP contribution in [0.15, 0.2) is 46.9 Å². The van der Waals surface area contributed by atoms with Crippen LogP contribution in [0.1, 0.15) is 15.9 Å². The number of hydrogen-bond donors (Lipinski definition) is 1. The molecule has 6 heteroatoms. The van der Waals surface area contributed by atoms with E-state index in [2.05, 4.69) is 15.9 Å². The van der Waals surface area contributed by atoms with Crippen LogP contribution in [0.5, 0.6) is 5.75 Å². The fourth-order valence-electron chi connectivity index (χ4n) is 1.93. The van der Waals surface area contributed by atoms with E-state index in [9.17, 15) is 9.82 Å². The molecule has 0 aliphatic rings. The number of carbonyl (C=O) groups is 1. The number of nitrogens with zero attached hydrogens (tertiary/aromatic N) is 1. The van der Waals surface area contributed by atoms with Crippen LogP contribution in [0, 0.1) is 0 Å². The number of ether oxygens (including phenoxy) is 1. The molecule has 0 bridgehead atoms. The molecule has 0 atom stereocenters. The normalized spacial score (nSPS) is 10.2. The minimum Gasteiger partial charge on any atom is -0.488 e. The Balaban J connectivity index is 2.06. The van der Waals surface area contributed by atoms with E-state index in [1.807, 2.05) is 31.3 Å². The SMILES string of the molecule is CB(O)N(C)c1ccc(COc2cc(Br)ccc2C=O)cc1. The Hall–Kier alpha value is -1.79. The van der Waals surface area contributed by atoms with E-state index >= 15 is 0 Å². The van der Waals surface area contributed by atoms with Crippen molar-refractivity contribution in [1.82, 2.24) is 0 Å². The molecule has 2 rings (SSSR count). The zero-order valence-electron chi connectivity index (χ0n) is 12.5. The largest absolute Gasteiger partial charge is 0.488 e. The van der Waals surface area contributed by atoms with Gasteiger partial charge in [-0.2, -0.15) is 0 Å². The fourth-order valence-corrected chi connectivity index (χ4v) is 2.27. The van der Waals surface area contributed by atoms with E-state index in [-0.39, 0.29) is 0 Å². The standard InChI is InChI=1S/C16H17BBrNO3/c1-17(21)19(2)15-7-3-12(4-8-15)11-22-16-9-14(18)6-5-13(16)10-20/h3-10,21H,11H2,1-2H3. The third-order valence-corrected chi connectivity index (χ3v) is 3.89. The molecular formula is C16H17BBrNO3. The summed E-state index contributed by atoms with van der Waals surface area (Å²) in [4.78, 5) is 12.8. The van der Waals surface area contributed by atoms with E-state index in [0.717, 1.165) is 22.0 Å². The van der Waals surface area contributed by atoms with Gasteiger partial charge in [0.1, 0.15) is 12.4 Å². The lowest BCUT2D eigenvalue weighted by Gasteiger charge is -2.20. The van der Waals surface area contributed by atoms with Crippen molar-refractivity contribution >= 4 is 35.0 Å². The van der Waals surface area contributed by atoms with E-state index in [1.54, 1.807) is 29.8 Å². The maximum Gasteiger partial charge on any atom is 0.409 e. The first-order valence-electron chi connectivity index (χ1n) is 6.88. The average Bonchev–Trinajstić information content (AvgIpc) is 2.52. The molecule has 0 amide bonds. The lowest BCUT2D eigenvalue weighted by Crippen LogP contribution is -2.32. The molecule has 0 aliphatic carbocycles. The molecule has 22 heavy (non-hydrogen) atoms. The van der Waals surface area contributed by atoms with Gasteiger partial charge in [0.25, 0.3) is 0 Å². The Morgan fingerprint density at radius 1 is 1.27 bits per heavy atom. The van der Waals surface area contributed by atoms with Gasteiger partial charge in [-0.1, -0.05) is 28.1 Å². The van der Waals surface area contributed by atoms with Crippen LogP contribution in [-0.4, -0.2) is 25.4 Å². The van der Waals surface area contributed by atoms with Crippen molar-refractivity contribution in [3.05, 3.63) is 58.1 Å². The van der Waals surface area contributed by atoms with Gasteiger partial charge in [-0.05, 0) is 49.8 Å². The Bertz CT molecular complexity index is 646. The lowest BCUT2D eigenvalue weighted by molar-refractivity contribution is 0.111. The van der Waals surface area contributed by atoms with Gasteiger partial charge in [0.05, 0.1) is 5.56 Å². The van der Waals surface area contributed by atoms with Gasteiger partial charge in [0.15, 0.2) is 6.29 Å². The molecule has 0 fully saturated rings. The fraction of sp³-hybridized carbons (Fsp3) is 0.188. The Labute approximate surface area is 139 Å². The predicted molar refractivity (Wildman–Crippen MR) is 92.5 cm³/mol. The molecule has 0 heterocycles. The van der Waals surface area contributed by atoms with Gasteiger partial charge in [-0.25, -0.2) is 0 Å². The monoisotopic (exact) mass is 361 g/mol. The Kier molecular flexibility index (Phi) is 5.63. The van der Waals surface area contributed by atoms with Crippen molar-refractivity contribution in [2.24, 2.45) is 0 Å². The highest BCUT2D eigenvalue weighted by atomic mass is 79.9. The summed E-state index contributed by atoms with van der Waals surface area (Å²) in [5.41, 5.74) is 2.43. The van der Waals surface area contributed by atoms with Crippen molar-refractivity contribution in [2.75, 3.05) is 11.9 Å². The third-order valence-electron chi connectivity index (χ3n) is 3.40. The minimum atomic E-state index is -0.543. The molecule has 0 saturated carbocycles. The smallest absolute Gasteiger partial charge is 0.409 e. The topological polar surface area (TPSA) is 49.8 Å². The van der Waals surface area contributed by atoms with E-state index in [0.29, 0.717) is 17.9 Å². The molecule has 0 aliphatic heterocycles. The zero-order chi connectivity index (χ0) is 16.1.